The number of carbonyl (C=O) groups is 3. The summed E-state index contributed by atoms with van der Waals surface area (Å²) >= 11 is 4.34. The molecule has 8 heteroatoms. The third-order valence-corrected chi connectivity index (χ3v) is 6.27. The fourth-order valence-corrected chi connectivity index (χ4v) is 4.08. The van der Waals surface area contributed by atoms with Crippen molar-refractivity contribution in [3.63, 3.8) is 0 Å². The highest BCUT2D eigenvalue weighted by molar-refractivity contribution is 7.80. The molecular weight excluding hydrogens is 474 g/mol. The number of amides is 3. The number of nitrogens with zero attached hydrogens (tertiary/aromatic N) is 1. The fourth-order valence-electron chi connectivity index (χ4n) is 3.84. The minimum Gasteiger partial charge on any atom is -0.444 e. The van der Waals surface area contributed by atoms with Crippen molar-refractivity contribution in [2.24, 2.45) is 0 Å². The molecule has 3 atom stereocenters. The zero-order valence-electron chi connectivity index (χ0n) is 22.3. The minimum atomic E-state index is -0.977. The number of hydrogen-bond acceptors (Lipinski definition) is 5. The molecule has 3 unspecified atom stereocenters. The fraction of sp³-hybridized carbons (Fsp3) is 0.464. The molecule has 2 aromatic carbocycles. The first kappa shape index (κ1) is 29.2. The largest absolute Gasteiger partial charge is 0.444 e. The second kappa shape index (κ2) is 12.8. The van der Waals surface area contributed by atoms with Crippen LogP contribution in [0.4, 0.5) is 10.5 Å². The highest BCUT2D eigenvalue weighted by Crippen LogP contribution is 2.30. The lowest BCUT2D eigenvalue weighted by molar-refractivity contribution is -0.142. The van der Waals surface area contributed by atoms with Gasteiger partial charge < -0.3 is 20.3 Å². The van der Waals surface area contributed by atoms with Gasteiger partial charge in [0.1, 0.15) is 17.7 Å². The first-order chi connectivity index (χ1) is 16.9. The van der Waals surface area contributed by atoms with Crippen molar-refractivity contribution in [2.75, 3.05) is 11.1 Å². The van der Waals surface area contributed by atoms with Crippen LogP contribution in [0.1, 0.15) is 63.8 Å². The number of anilines is 1. The highest BCUT2D eigenvalue weighted by atomic mass is 32.1. The molecule has 2 rings (SSSR count). The summed E-state index contributed by atoms with van der Waals surface area (Å²) in [7, 11) is 0. The Morgan fingerprint density at radius 3 is 2.11 bits per heavy atom. The lowest BCUT2D eigenvalue weighted by atomic mass is 9.96. The Labute approximate surface area is 220 Å². The Kier molecular flexibility index (Phi) is 10.4. The molecule has 36 heavy (non-hydrogen) atoms. The van der Waals surface area contributed by atoms with Gasteiger partial charge in [-0.1, -0.05) is 49.4 Å². The average molecular weight is 514 g/mol. The van der Waals surface area contributed by atoms with Crippen LogP contribution < -0.4 is 10.6 Å². The van der Waals surface area contributed by atoms with Crippen LogP contribution in [0.15, 0.2) is 48.5 Å². The minimum absolute atomic E-state index is 0.0465. The predicted molar refractivity (Wildman–Crippen MR) is 147 cm³/mol. The number of carbonyl (C=O) groups excluding carboxylic acids is 3. The number of alkyl carbamates (subject to hydrolysis) is 1. The molecule has 0 saturated heterocycles. The van der Waals surface area contributed by atoms with Crippen LogP contribution in [0.2, 0.25) is 0 Å². The average Bonchev–Trinajstić information content (AvgIpc) is 2.81. The van der Waals surface area contributed by atoms with Crippen molar-refractivity contribution in [3.8, 4) is 0 Å². The number of rotatable bonds is 9. The van der Waals surface area contributed by atoms with E-state index >= 15 is 0 Å². The summed E-state index contributed by atoms with van der Waals surface area (Å²) in [5.74, 6) is -0.689. The predicted octanol–water partition coefficient (Wildman–Crippen LogP) is 5.43. The van der Waals surface area contributed by atoms with Crippen LogP contribution in [-0.4, -0.2) is 46.2 Å². The van der Waals surface area contributed by atoms with E-state index in [2.05, 4.69) is 23.3 Å². The molecule has 0 spiro atoms. The maximum atomic E-state index is 14.0. The van der Waals surface area contributed by atoms with E-state index in [1.165, 1.54) is 0 Å². The van der Waals surface area contributed by atoms with Crippen LogP contribution in [-0.2, 0) is 14.3 Å². The van der Waals surface area contributed by atoms with E-state index in [1.54, 1.807) is 25.7 Å². The number of aryl methyl sites for hydroxylation is 2. The molecule has 0 aliphatic carbocycles. The van der Waals surface area contributed by atoms with Gasteiger partial charge in [-0.25, -0.2) is 4.79 Å². The summed E-state index contributed by atoms with van der Waals surface area (Å²) in [4.78, 5) is 41.9. The number of benzene rings is 2. The van der Waals surface area contributed by atoms with E-state index in [0.29, 0.717) is 17.7 Å². The number of nitrogens with one attached hydrogen (secondary N) is 2. The molecule has 7 nitrogen and oxygen atoms in total. The van der Waals surface area contributed by atoms with Gasteiger partial charge in [-0.05, 0) is 70.7 Å². The van der Waals surface area contributed by atoms with Crippen LogP contribution in [0, 0.1) is 13.8 Å². The molecule has 0 bridgehead atoms. The Balaban J connectivity index is 2.53. The molecule has 0 radical (unpaired) electrons. The Morgan fingerprint density at radius 1 is 1.00 bits per heavy atom. The van der Waals surface area contributed by atoms with E-state index in [9.17, 15) is 14.4 Å². The molecular formula is C28H39N3O4S. The summed E-state index contributed by atoms with van der Waals surface area (Å²) in [5, 5.41) is 5.66. The highest BCUT2D eigenvalue weighted by Gasteiger charge is 2.38. The van der Waals surface area contributed by atoms with Gasteiger partial charge in [-0.2, -0.15) is 12.6 Å². The molecule has 2 N–H and O–H groups in total. The van der Waals surface area contributed by atoms with Gasteiger partial charge >= 0.3 is 6.09 Å². The zero-order valence-corrected chi connectivity index (χ0v) is 23.2. The standard InChI is InChI=1S/C28H39N3O4S/c1-8-20(4)31(26(33)23(17-36)30-27(34)35-28(5,6)7)24(21-15-11-9-13-18(21)2)25(32)29-22-16-12-10-14-19(22)3/h9-16,20,23-24,36H,8,17H2,1-7H3,(H,29,32)(H,30,34). The molecule has 2 aromatic rings. The number of para-hydroxylation sites is 1. The van der Waals surface area contributed by atoms with Crippen molar-refractivity contribution >= 4 is 36.2 Å². The molecule has 0 aliphatic heterocycles. The SMILES string of the molecule is CCC(C)N(C(=O)C(CS)NC(=O)OC(C)(C)C)C(C(=O)Nc1ccccc1C)c1ccccc1C. The molecule has 0 aliphatic rings. The Hall–Kier alpha value is -3.00. The normalized spacial score (nSPS) is 13.8. The van der Waals surface area contributed by atoms with Crippen molar-refractivity contribution < 1.29 is 19.1 Å². The first-order valence-electron chi connectivity index (χ1n) is 12.2. The van der Waals surface area contributed by atoms with Crippen molar-refractivity contribution in [1.29, 1.82) is 0 Å². The number of hydrogen-bond donors (Lipinski definition) is 3. The van der Waals surface area contributed by atoms with Gasteiger partial charge in [0, 0.05) is 17.5 Å². The maximum Gasteiger partial charge on any atom is 0.408 e. The smallest absolute Gasteiger partial charge is 0.408 e. The summed E-state index contributed by atoms with van der Waals surface area (Å²) in [6, 6.07) is 12.8. The van der Waals surface area contributed by atoms with Crippen LogP contribution in [0.3, 0.4) is 0 Å². The zero-order chi connectivity index (χ0) is 27.0. The quantitative estimate of drug-likeness (QED) is 0.390. The lowest BCUT2D eigenvalue weighted by Gasteiger charge is -2.38. The van der Waals surface area contributed by atoms with Crippen molar-refractivity contribution in [1.82, 2.24) is 10.2 Å². The van der Waals surface area contributed by atoms with E-state index in [4.69, 9.17) is 4.74 Å². The van der Waals surface area contributed by atoms with E-state index in [1.807, 2.05) is 76.2 Å². The maximum absolute atomic E-state index is 14.0. The lowest BCUT2D eigenvalue weighted by Crippen LogP contribution is -2.55. The molecule has 3 amide bonds. The van der Waals surface area contributed by atoms with E-state index < -0.39 is 29.7 Å². The summed E-state index contributed by atoms with van der Waals surface area (Å²) in [6.07, 6.45) is -0.104. The van der Waals surface area contributed by atoms with Gasteiger partial charge in [-0.3, -0.25) is 9.59 Å². The van der Waals surface area contributed by atoms with Crippen LogP contribution in [0.25, 0.3) is 0 Å². The molecule has 196 valence electrons. The van der Waals surface area contributed by atoms with Gasteiger partial charge in [0.2, 0.25) is 5.91 Å². The Bertz CT molecular complexity index is 1070. The van der Waals surface area contributed by atoms with E-state index in [0.717, 1.165) is 11.1 Å². The Morgan fingerprint density at radius 2 is 1.58 bits per heavy atom. The second-order valence-corrected chi connectivity index (χ2v) is 10.3. The van der Waals surface area contributed by atoms with Crippen molar-refractivity contribution in [3.05, 3.63) is 65.2 Å². The van der Waals surface area contributed by atoms with Crippen LogP contribution in [0.5, 0.6) is 0 Å². The van der Waals surface area contributed by atoms with Crippen molar-refractivity contribution in [2.45, 2.75) is 78.6 Å². The van der Waals surface area contributed by atoms with Gasteiger partial charge in [0.05, 0.1) is 0 Å². The number of ether oxygens (including phenoxy) is 1. The molecule has 0 aromatic heterocycles. The first-order valence-corrected chi connectivity index (χ1v) is 12.9. The van der Waals surface area contributed by atoms with Gasteiger partial charge in [-0.15, -0.1) is 0 Å². The molecule has 0 saturated carbocycles. The third kappa shape index (κ3) is 7.75. The summed E-state index contributed by atoms with van der Waals surface area (Å²) in [5.41, 5.74) is 2.46. The molecule has 0 heterocycles. The van der Waals surface area contributed by atoms with Gasteiger partial charge in [0.25, 0.3) is 5.91 Å². The molecule has 0 fully saturated rings. The number of thiol groups is 1. The third-order valence-electron chi connectivity index (χ3n) is 5.90. The van der Waals surface area contributed by atoms with Crippen LogP contribution >= 0.6 is 12.6 Å². The topological polar surface area (TPSA) is 87.7 Å². The second-order valence-electron chi connectivity index (χ2n) is 9.95. The van der Waals surface area contributed by atoms with Gasteiger partial charge in [0.15, 0.2) is 0 Å². The summed E-state index contributed by atoms with van der Waals surface area (Å²) in [6.45, 7) is 12.9. The van der Waals surface area contributed by atoms with E-state index in [-0.39, 0.29) is 17.7 Å². The summed E-state index contributed by atoms with van der Waals surface area (Å²) < 4.78 is 5.36. The monoisotopic (exact) mass is 513 g/mol.